The van der Waals surface area contributed by atoms with Gasteiger partial charge in [-0.2, -0.15) is 0 Å². The zero-order valence-electron chi connectivity index (χ0n) is 21.3. The van der Waals surface area contributed by atoms with Crippen molar-refractivity contribution in [3.63, 3.8) is 0 Å². The zero-order valence-corrected chi connectivity index (χ0v) is 22.1. The molecule has 1 N–H and O–H groups in total. The van der Waals surface area contributed by atoms with Crippen molar-refractivity contribution in [1.82, 2.24) is 10.1 Å². The molecule has 3 fully saturated rings. The Morgan fingerprint density at radius 1 is 1.15 bits per heavy atom. The van der Waals surface area contributed by atoms with E-state index < -0.39 is 17.6 Å². The van der Waals surface area contributed by atoms with Crippen LogP contribution in [0.25, 0.3) is 21.5 Å². The summed E-state index contributed by atoms with van der Waals surface area (Å²) >= 11 is 1.55. The van der Waals surface area contributed by atoms with Crippen LogP contribution in [0.4, 0.5) is 13.9 Å². The number of thiazole rings is 1. The van der Waals surface area contributed by atoms with E-state index in [2.05, 4.69) is 10.1 Å². The Bertz CT molecular complexity index is 1580. The summed E-state index contributed by atoms with van der Waals surface area (Å²) in [4.78, 5) is 18.8. The van der Waals surface area contributed by atoms with Gasteiger partial charge in [-0.25, -0.2) is 18.6 Å². The predicted octanol–water partition coefficient (Wildman–Crippen LogP) is 6.83. The van der Waals surface area contributed by atoms with Gasteiger partial charge in [0.05, 0.1) is 28.5 Å². The molecule has 1 aliphatic carbocycles. The van der Waals surface area contributed by atoms with Crippen molar-refractivity contribution in [3.05, 3.63) is 64.4 Å². The molecule has 0 unspecified atom stereocenters. The Hall–Kier alpha value is -3.37. The fraction of sp³-hybridized carbons (Fsp3) is 0.414. The second-order valence-electron chi connectivity index (χ2n) is 10.9. The maximum absolute atomic E-state index is 14.6. The van der Waals surface area contributed by atoms with E-state index in [9.17, 15) is 18.7 Å². The van der Waals surface area contributed by atoms with Crippen molar-refractivity contribution in [2.45, 2.75) is 76.2 Å². The lowest BCUT2D eigenvalue weighted by molar-refractivity contribution is 0.0147. The van der Waals surface area contributed by atoms with E-state index in [4.69, 9.17) is 14.2 Å². The number of aromatic nitrogens is 2. The first-order chi connectivity index (χ1) is 18.9. The van der Waals surface area contributed by atoms with Crippen LogP contribution in [0.2, 0.25) is 0 Å². The normalized spacial score (nSPS) is 22.6. The molecule has 39 heavy (non-hydrogen) atoms. The van der Waals surface area contributed by atoms with Crippen LogP contribution in [0.1, 0.15) is 71.7 Å². The largest absolute Gasteiger partial charge is 0.478 e. The van der Waals surface area contributed by atoms with Crippen LogP contribution in [0.3, 0.4) is 0 Å². The van der Waals surface area contributed by atoms with Crippen molar-refractivity contribution < 1.29 is 27.9 Å². The van der Waals surface area contributed by atoms with Crippen LogP contribution >= 0.6 is 11.3 Å². The van der Waals surface area contributed by atoms with Gasteiger partial charge in [-0.1, -0.05) is 16.5 Å². The molecule has 10 heteroatoms. The van der Waals surface area contributed by atoms with E-state index in [0.717, 1.165) is 76.8 Å². The standard InChI is InChI=1S/C29H27F2N3O4S/c1-14-8-16(28(35)36)9-24-25(14)32-29(39-24)34-18-5-6-19(34)12-20(11-18)37-13-22-26(33-38-27(22)15-2-3-15)21-7-4-17(30)10-23(21)31/h4,7-10,15,18-20H,2-3,5-6,11-13H2,1H3,(H,35,36)/t18-,19+,20+. The van der Waals surface area contributed by atoms with Gasteiger partial charge in [0, 0.05) is 35.2 Å². The number of halogens is 2. The maximum atomic E-state index is 14.6. The Labute approximate surface area is 227 Å². The first kappa shape index (κ1) is 24.7. The van der Waals surface area contributed by atoms with E-state index in [1.54, 1.807) is 23.5 Å². The quantitative estimate of drug-likeness (QED) is 0.269. The van der Waals surface area contributed by atoms with Crippen molar-refractivity contribution in [2.24, 2.45) is 0 Å². The maximum Gasteiger partial charge on any atom is 0.335 e. The van der Waals surface area contributed by atoms with Gasteiger partial charge < -0.3 is 19.3 Å². The molecular formula is C29H27F2N3O4S. The molecule has 3 atom stereocenters. The first-order valence-corrected chi connectivity index (χ1v) is 14.2. The zero-order chi connectivity index (χ0) is 26.8. The molecular weight excluding hydrogens is 524 g/mol. The van der Waals surface area contributed by atoms with E-state index in [1.807, 2.05) is 6.92 Å². The van der Waals surface area contributed by atoms with Gasteiger partial charge in [-0.05, 0) is 75.3 Å². The third kappa shape index (κ3) is 4.39. The molecule has 202 valence electrons. The van der Waals surface area contributed by atoms with Crippen LogP contribution in [0.5, 0.6) is 0 Å². The summed E-state index contributed by atoms with van der Waals surface area (Å²) < 4.78 is 41.1. The lowest BCUT2D eigenvalue weighted by Gasteiger charge is -2.38. The molecule has 0 radical (unpaired) electrons. The molecule has 4 aromatic rings. The number of hydrogen-bond donors (Lipinski definition) is 1. The number of carbonyl (C=O) groups is 1. The molecule has 0 spiro atoms. The minimum Gasteiger partial charge on any atom is -0.478 e. The Balaban J connectivity index is 1.10. The number of carboxylic acids is 1. The van der Waals surface area contributed by atoms with Crippen LogP contribution in [0.15, 0.2) is 34.9 Å². The van der Waals surface area contributed by atoms with Gasteiger partial charge in [0.25, 0.3) is 0 Å². The summed E-state index contributed by atoms with van der Waals surface area (Å²) in [6.45, 7) is 2.17. The van der Waals surface area contributed by atoms with Gasteiger partial charge in [0.2, 0.25) is 0 Å². The fourth-order valence-corrected chi connectivity index (χ4v) is 7.44. The topological polar surface area (TPSA) is 88.7 Å². The smallest absolute Gasteiger partial charge is 0.335 e. The van der Waals surface area contributed by atoms with Gasteiger partial charge in [-0.3, -0.25) is 0 Å². The lowest BCUT2D eigenvalue weighted by Crippen LogP contribution is -2.45. The van der Waals surface area contributed by atoms with Gasteiger partial charge in [-0.15, -0.1) is 0 Å². The molecule has 3 aliphatic rings. The third-order valence-corrected chi connectivity index (χ3v) is 9.26. The second-order valence-corrected chi connectivity index (χ2v) is 11.9. The van der Waals surface area contributed by atoms with E-state index >= 15 is 0 Å². The number of fused-ring (bicyclic) bond motifs is 3. The Morgan fingerprint density at radius 3 is 2.62 bits per heavy atom. The number of hydrogen-bond acceptors (Lipinski definition) is 7. The number of benzene rings is 2. The van der Waals surface area contributed by atoms with E-state index in [1.165, 1.54) is 12.1 Å². The number of piperidine rings is 1. The number of carboxylic acid groups (broad SMARTS) is 1. The van der Waals surface area contributed by atoms with Gasteiger partial charge in [0.15, 0.2) is 5.13 Å². The van der Waals surface area contributed by atoms with E-state index in [0.29, 0.717) is 5.69 Å². The highest BCUT2D eigenvalue weighted by Crippen LogP contribution is 2.46. The van der Waals surface area contributed by atoms with Gasteiger partial charge in [0.1, 0.15) is 23.1 Å². The number of rotatable bonds is 7. The highest BCUT2D eigenvalue weighted by Gasteiger charge is 2.43. The number of anilines is 1. The highest BCUT2D eigenvalue weighted by molar-refractivity contribution is 7.22. The van der Waals surface area contributed by atoms with Crippen molar-refractivity contribution in [3.8, 4) is 11.3 Å². The van der Waals surface area contributed by atoms with Crippen molar-refractivity contribution in [2.75, 3.05) is 4.90 Å². The molecule has 2 saturated heterocycles. The van der Waals surface area contributed by atoms with Gasteiger partial charge >= 0.3 is 5.97 Å². The summed E-state index contributed by atoms with van der Waals surface area (Å²) in [5, 5.41) is 14.5. The van der Waals surface area contributed by atoms with Crippen LogP contribution < -0.4 is 4.90 Å². The molecule has 1 saturated carbocycles. The average molecular weight is 552 g/mol. The third-order valence-electron chi connectivity index (χ3n) is 8.25. The number of nitrogens with zero attached hydrogens (tertiary/aromatic N) is 3. The summed E-state index contributed by atoms with van der Waals surface area (Å²) in [7, 11) is 0. The molecule has 2 bridgehead atoms. The van der Waals surface area contributed by atoms with Crippen LogP contribution in [0, 0.1) is 18.6 Å². The van der Waals surface area contributed by atoms with Crippen molar-refractivity contribution in [1.29, 1.82) is 0 Å². The lowest BCUT2D eigenvalue weighted by atomic mass is 10.00. The highest BCUT2D eigenvalue weighted by atomic mass is 32.1. The van der Waals surface area contributed by atoms with Crippen molar-refractivity contribution >= 4 is 32.7 Å². The summed E-state index contributed by atoms with van der Waals surface area (Å²) in [6, 6.07) is 7.46. The minimum absolute atomic E-state index is 0.0290. The van der Waals surface area contributed by atoms with Crippen LogP contribution in [-0.2, 0) is 11.3 Å². The van der Waals surface area contributed by atoms with Crippen LogP contribution in [-0.4, -0.2) is 39.4 Å². The molecule has 2 aromatic carbocycles. The second kappa shape index (κ2) is 9.38. The molecule has 7 nitrogen and oxygen atoms in total. The van der Waals surface area contributed by atoms with E-state index in [-0.39, 0.29) is 41.8 Å². The molecule has 4 heterocycles. The Kier molecular flexibility index (Phi) is 5.93. The Morgan fingerprint density at radius 2 is 1.92 bits per heavy atom. The number of ether oxygens (including phenoxy) is 1. The molecule has 7 rings (SSSR count). The predicted molar refractivity (Wildman–Crippen MR) is 142 cm³/mol. The monoisotopic (exact) mass is 551 g/mol. The molecule has 0 amide bonds. The summed E-state index contributed by atoms with van der Waals surface area (Å²) in [5.41, 5.74) is 3.38. The average Bonchev–Trinajstić information content (AvgIpc) is 3.41. The number of aromatic carboxylic acids is 1. The molecule has 2 aliphatic heterocycles. The molecule has 2 aromatic heterocycles. The SMILES string of the molecule is Cc1cc(C(=O)O)cc2sc(N3[C@@H]4CC[C@H]3C[C@@H](OCc3c(-c5ccc(F)cc5F)noc3C3CC3)C4)nc12. The minimum atomic E-state index is -0.934. The summed E-state index contributed by atoms with van der Waals surface area (Å²) in [5.74, 6) is -1.21. The first-order valence-electron chi connectivity index (χ1n) is 13.3. The summed E-state index contributed by atoms with van der Waals surface area (Å²) in [6.07, 6.45) is 5.82. The number of aryl methyl sites for hydroxylation is 1. The fourth-order valence-electron chi connectivity index (χ4n) is 6.22.